The molecule has 0 aromatic carbocycles. The first-order valence-corrected chi connectivity index (χ1v) is 5.39. The summed E-state index contributed by atoms with van der Waals surface area (Å²) in [6.45, 7) is 6.44. The van der Waals surface area contributed by atoms with Gasteiger partial charge in [0.05, 0.1) is 0 Å². The molecule has 3 atom stereocenters. The summed E-state index contributed by atoms with van der Waals surface area (Å²) < 4.78 is 17.2. The molecule has 1 heterocycles. The van der Waals surface area contributed by atoms with Gasteiger partial charge in [0.2, 0.25) is 0 Å². The average molecular weight is 200 g/mol. The Kier molecular flexibility index (Phi) is 2.37. The fourth-order valence-corrected chi connectivity index (χ4v) is 2.64. The molecule has 1 spiro atoms. The van der Waals surface area contributed by atoms with Crippen LogP contribution in [0.4, 0.5) is 0 Å². The Balaban J connectivity index is 2.19. The molecule has 3 heteroatoms. The summed E-state index contributed by atoms with van der Waals surface area (Å²) >= 11 is 0. The van der Waals surface area contributed by atoms with Crippen molar-refractivity contribution in [2.75, 3.05) is 7.11 Å². The highest BCUT2D eigenvalue weighted by Crippen LogP contribution is 2.53. The smallest absolute Gasteiger partial charge is 0.186 e. The van der Waals surface area contributed by atoms with E-state index in [4.69, 9.17) is 14.2 Å². The molecule has 3 nitrogen and oxygen atoms in total. The molecule has 1 aliphatic carbocycles. The molecule has 2 rings (SSSR count). The number of ether oxygens (including phenoxy) is 3. The van der Waals surface area contributed by atoms with E-state index in [9.17, 15) is 0 Å². The minimum atomic E-state index is -0.396. The molecule has 2 fully saturated rings. The molecule has 0 aromatic heterocycles. The van der Waals surface area contributed by atoms with Crippen LogP contribution in [-0.4, -0.2) is 25.3 Å². The van der Waals surface area contributed by atoms with E-state index >= 15 is 0 Å². The van der Waals surface area contributed by atoms with Crippen LogP contribution in [-0.2, 0) is 14.2 Å². The number of hydrogen-bond donors (Lipinski definition) is 0. The first-order chi connectivity index (χ1) is 6.51. The molecule has 0 amide bonds. The van der Waals surface area contributed by atoms with Crippen molar-refractivity contribution in [3.8, 4) is 0 Å². The van der Waals surface area contributed by atoms with Crippen LogP contribution in [0.1, 0.15) is 40.0 Å². The maximum absolute atomic E-state index is 5.98. The molecule has 0 radical (unpaired) electrons. The van der Waals surface area contributed by atoms with Crippen molar-refractivity contribution in [3.05, 3.63) is 0 Å². The second kappa shape index (κ2) is 3.19. The fourth-order valence-electron chi connectivity index (χ4n) is 2.64. The van der Waals surface area contributed by atoms with Crippen LogP contribution < -0.4 is 0 Å². The monoisotopic (exact) mass is 200 g/mol. The van der Waals surface area contributed by atoms with Gasteiger partial charge in [0.1, 0.15) is 6.10 Å². The maximum atomic E-state index is 5.98. The lowest BCUT2D eigenvalue weighted by Gasteiger charge is -2.36. The van der Waals surface area contributed by atoms with E-state index in [1.165, 1.54) is 6.42 Å². The van der Waals surface area contributed by atoms with Crippen LogP contribution in [0.5, 0.6) is 0 Å². The maximum Gasteiger partial charge on any atom is 0.186 e. The van der Waals surface area contributed by atoms with Gasteiger partial charge in [-0.25, -0.2) is 0 Å². The predicted octanol–water partition coefficient (Wildman–Crippen LogP) is 2.30. The van der Waals surface area contributed by atoms with Gasteiger partial charge in [-0.05, 0) is 19.8 Å². The van der Waals surface area contributed by atoms with Gasteiger partial charge < -0.3 is 14.2 Å². The van der Waals surface area contributed by atoms with Crippen LogP contribution in [0.15, 0.2) is 0 Å². The minimum absolute atomic E-state index is 0.0392. The third-order valence-corrected chi connectivity index (χ3v) is 3.64. The molecule has 0 aromatic rings. The van der Waals surface area contributed by atoms with Gasteiger partial charge in [0.15, 0.2) is 12.1 Å². The second-order valence-corrected chi connectivity index (χ2v) is 5.04. The van der Waals surface area contributed by atoms with Crippen molar-refractivity contribution >= 4 is 0 Å². The van der Waals surface area contributed by atoms with Gasteiger partial charge in [-0.15, -0.1) is 0 Å². The normalized spacial score (nSPS) is 46.3. The lowest BCUT2D eigenvalue weighted by atomic mass is 9.86. The molecular formula is C11H20O3. The van der Waals surface area contributed by atoms with E-state index in [1.807, 2.05) is 6.92 Å². The Morgan fingerprint density at radius 2 is 1.93 bits per heavy atom. The Labute approximate surface area is 85.7 Å². The Morgan fingerprint density at radius 3 is 2.36 bits per heavy atom. The highest BCUT2D eigenvalue weighted by Gasteiger charge is 2.58. The van der Waals surface area contributed by atoms with Gasteiger partial charge >= 0.3 is 0 Å². The SMILES string of the molecule is COC1OC2(CCCC2(C)C)OC1C. The van der Waals surface area contributed by atoms with E-state index < -0.39 is 5.79 Å². The van der Waals surface area contributed by atoms with E-state index in [2.05, 4.69) is 13.8 Å². The number of methoxy groups -OCH3 is 1. The quantitative estimate of drug-likeness (QED) is 0.650. The van der Waals surface area contributed by atoms with Gasteiger partial charge in [-0.1, -0.05) is 13.8 Å². The number of rotatable bonds is 1. The first-order valence-electron chi connectivity index (χ1n) is 5.39. The van der Waals surface area contributed by atoms with Crippen molar-refractivity contribution in [1.82, 2.24) is 0 Å². The highest BCUT2D eigenvalue weighted by molar-refractivity contribution is 4.97. The molecule has 1 saturated heterocycles. The van der Waals surface area contributed by atoms with Crippen LogP contribution in [0, 0.1) is 5.41 Å². The predicted molar refractivity (Wildman–Crippen MR) is 52.8 cm³/mol. The van der Waals surface area contributed by atoms with E-state index in [-0.39, 0.29) is 17.8 Å². The third-order valence-electron chi connectivity index (χ3n) is 3.64. The Bertz CT molecular complexity index is 227. The number of hydrogen-bond acceptors (Lipinski definition) is 3. The molecule has 2 aliphatic rings. The van der Waals surface area contributed by atoms with Gasteiger partial charge in [0.25, 0.3) is 0 Å². The van der Waals surface area contributed by atoms with Gasteiger partial charge in [-0.2, -0.15) is 0 Å². The average Bonchev–Trinajstić information content (AvgIpc) is 2.56. The molecule has 0 bridgehead atoms. The molecular weight excluding hydrogens is 180 g/mol. The standard InChI is InChI=1S/C11H20O3/c1-8-9(12-4)14-11(13-8)7-5-6-10(11,2)3/h8-9H,5-7H2,1-4H3. The van der Waals surface area contributed by atoms with Crippen molar-refractivity contribution in [1.29, 1.82) is 0 Å². The third kappa shape index (κ3) is 1.30. The fraction of sp³-hybridized carbons (Fsp3) is 1.00. The summed E-state index contributed by atoms with van der Waals surface area (Å²) in [5.74, 6) is -0.396. The molecule has 0 N–H and O–H groups in total. The highest BCUT2D eigenvalue weighted by atomic mass is 16.8. The first kappa shape index (κ1) is 10.4. The summed E-state index contributed by atoms with van der Waals surface area (Å²) in [6.07, 6.45) is 3.17. The molecule has 1 aliphatic heterocycles. The zero-order valence-electron chi connectivity index (χ0n) is 9.50. The zero-order valence-corrected chi connectivity index (χ0v) is 9.50. The molecule has 3 unspecified atom stereocenters. The van der Waals surface area contributed by atoms with Crippen LogP contribution >= 0.6 is 0 Å². The van der Waals surface area contributed by atoms with E-state index in [0.717, 1.165) is 12.8 Å². The Hall–Kier alpha value is -0.120. The summed E-state index contributed by atoms with van der Waals surface area (Å²) in [4.78, 5) is 0. The summed E-state index contributed by atoms with van der Waals surface area (Å²) in [5, 5.41) is 0. The second-order valence-electron chi connectivity index (χ2n) is 5.04. The van der Waals surface area contributed by atoms with Crippen LogP contribution in [0.25, 0.3) is 0 Å². The summed E-state index contributed by atoms with van der Waals surface area (Å²) in [5.41, 5.74) is 0.106. The van der Waals surface area contributed by atoms with Crippen LogP contribution in [0.2, 0.25) is 0 Å². The lowest BCUT2D eigenvalue weighted by Crippen LogP contribution is -2.41. The lowest BCUT2D eigenvalue weighted by molar-refractivity contribution is -0.247. The van der Waals surface area contributed by atoms with Crippen LogP contribution in [0.3, 0.4) is 0 Å². The zero-order chi connectivity index (χ0) is 10.4. The topological polar surface area (TPSA) is 27.7 Å². The minimum Gasteiger partial charge on any atom is -0.353 e. The summed E-state index contributed by atoms with van der Waals surface area (Å²) in [7, 11) is 1.67. The molecule has 82 valence electrons. The summed E-state index contributed by atoms with van der Waals surface area (Å²) in [6, 6.07) is 0. The van der Waals surface area contributed by atoms with Gasteiger partial charge in [0, 0.05) is 18.9 Å². The van der Waals surface area contributed by atoms with Gasteiger partial charge in [-0.3, -0.25) is 0 Å². The molecule has 1 saturated carbocycles. The van der Waals surface area contributed by atoms with Crippen molar-refractivity contribution in [3.63, 3.8) is 0 Å². The van der Waals surface area contributed by atoms with Crippen molar-refractivity contribution in [2.45, 2.75) is 58.2 Å². The van der Waals surface area contributed by atoms with Crippen molar-refractivity contribution < 1.29 is 14.2 Å². The largest absolute Gasteiger partial charge is 0.353 e. The molecule has 14 heavy (non-hydrogen) atoms. The Morgan fingerprint density at radius 1 is 1.21 bits per heavy atom. The van der Waals surface area contributed by atoms with E-state index in [0.29, 0.717) is 0 Å². The van der Waals surface area contributed by atoms with E-state index in [1.54, 1.807) is 7.11 Å². The van der Waals surface area contributed by atoms with Crippen molar-refractivity contribution in [2.24, 2.45) is 5.41 Å².